The van der Waals surface area contributed by atoms with Crippen LogP contribution in [0, 0.1) is 5.82 Å². The van der Waals surface area contributed by atoms with E-state index in [1.165, 1.54) is 18.2 Å². The SMILES string of the molecule is CS(=O)(=O)N(CCN1CCC(O)(c2ccc(Cl)c(C(F)(F)F)c2)CC1)C(=O)c1ccc(F)cc1. The number of carbonyl (C=O) groups is 1. The molecular weight excluding hydrogens is 500 g/mol. The number of halogens is 5. The summed E-state index contributed by atoms with van der Waals surface area (Å²) in [5, 5.41) is 10.5. The fourth-order valence-electron chi connectivity index (χ4n) is 3.85. The summed E-state index contributed by atoms with van der Waals surface area (Å²) in [6.07, 6.45) is -3.55. The molecule has 0 atom stereocenters. The molecule has 3 rings (SSSR count). The zero-order chi connectivity index (χ0) is 25.3. The van der Waals surface area contributed by atoms with Gasteiger partial charge in [0, 0.05) is 31.7 Å². The van der Waals surface area contributed by atoms with Gasteiger partial charge in [-0.05, 0) is 54.8 Å². The topological polar surface area (TPSA) is 77.9 Å². The third-order valence-corrected chi connectivity index (χ3v) is 7.31. The van der Waals surface area contributed by atoms with E-state index in [-0.39, 0.29) is 50.1 Å². The zero-order valence-corrected chi connectivity index (χ0v) is 19.7. The van der Waals surface area contributed by atoms with Crippen molar-refractivity contribution in [2.45, 2.75) is 24.6 Å². The van der Waals surface area contributed by atoms with Crippen molar-refractivity contribution in [2.75, 3.05) is 32.4 Å². The number of benzene rings is 2. The lowest BCUT2D eigenvalue weighted by atomic mass is 9.83. The Balaban J connectivity index is 1.67. The van der Waals surface area contributed by atoms with Crippen molar-refractivity contribution < 1.29 is 35.9 Å². The molecule has 0 saturated carbocycles. The van der Waals surface area contributed by atoms with E-state index in [9.17, 15) is 35.9 Å². The largest absolute Gasteiger partial charge is 0.417 e. The highest BCUT2D eigenvalue weighted by Gasteiger charge is 2.38. The monoisotopic (exact) mass is 522 g/mol. The minimum atomic E-state index is -4.66. The standard InChI is InChI=1S/C22H23ClF4N2O4S/c1-34(32,33)29(20(30)15-2-5-17(24)6-3-15)13-12-28-10-8-21(31,9-11-28)16-4-7-19(23)18(14-16)22(25,26)27/h2-7,14,31H,8-13H2,1H3. The molecule has 2 aromatic rings. The Morgan fingerprint density at radius 1 is 1.15 bits per heavy atom. The smallest absolute Gasteiger partial charge is 0.385 e. The van der Waals surface area contributed by atoms with E-state index in [1.54, 1.807) is 0 Å². The molecule has 6 nitrogen and oxygen atoms in total. The predicted octanol–water partition coefficient (Wildman–Crippen LogP) is 3.88. The number of nitrogens with zero attached hydrogens (tertiary/aromatic N) is 2. The van der Waals surface area contributed by atoms with E-state index in [1.807, 2.05) is 4.90 Å². The van der Waals surface area contributed by atoms with Gasteiger partial charge >= 0.3 is 6.18 Å². The average Bonchev–Trinajstić information content (AvgIpc) is 2.74. The maximum Gasteiger partial charge on any atom is 0.417 e. The lowest BCUT2D eigenvalue weighted by Crippen LogP contribution is -2.47. The van der Waals surface area contributed by atoms with E-state index in [2.05, 4.69) is 0 Å². The zero-order valence-electron chi connectivity index (χ0n) is 18.1. The molecule has 0 radical (unpaired) electrons. The van der Waals surface area contributed by atoms with Crippen LogP contribution in [0.3, 0.4) is 0 Å². The predicted molar refractivity (Wildman–Crippen MR) is 118 cm³/mol. The molecule has 1 heterocycles. The summed E-state index contributed by atoms with van der Waals surface area (Å²) in [6.45, 7) is 0.517. The summed E-state index contributed by atoms with van der Waals surface area (Å²) in [7, 11) is -3.92. The molecule has 1 fully saturated rings. The highest BCUT2D eigenvalue weighted by atomic mass is 35.5. The first-order valence-corrected chi connectivity index (χ1v) is 12.5. The van der Waals surface area contributed by atoms with Crippen LogP contribution in [-0.4, -0.2) is 61.1 Å². The van der Waals surface area contributed by atoms with E-state index in [4.69, 9.17) is 11.6 Å². The second-order valence-electron chi connectivity index (χ2n) is 8.21. The van der Waals surface area contributed by atoms with Crippen LogP contribution < -0.4 is 0 Å². The molecule has 1 saturated heterocycles. The molecule has 2 aromatic carbocycles. The van der Waals surface area contributed by atoms with Crippen molar-refractivity contribution in [3.63, 3.8) is 0 Å². The highest BCUT2D eigenvalue weighted by molar-refractivity contribution is 7.88. The van der Waals surface area contributed by atoms with Crippen LogP contribution in [-0.2, 0) is 21.8 Å². The number of hydrogen-bond donors (Lipinski definition) is 1. The van der Waals surface area contributed by atoms with Crippen molar-refractivity contribution in [3.05, 3.63) is 70.0 Å². The maximum absolute atomic E-state index is 13.2. The first kappa shape index (κ1) is 26.4. The van der Waals surface area contributed by atoms with Crippen LogP contribution in [0.4, 0.5) is 17.6 Å². The molecular formula is C22H23ClF4N2O4S. The summed E-state index contributed by atoms with van der Waals surface area (Å²) in [6, 6.07) is 7.82. The Hall–Kier alpha value is -2.21. The van der Waals surface area contributed by atoms with Gasteiger partial charge in [0.2, 0.25) is 10.0 Å². The fourth-order valence-corrected chi connectivity index (χ4v) is 4.90. The molecule has 0 unspecified atom stereocenters. The lowest BCUT2D eigenvalue weighted by Gasteiger charge is -2.39. The fraction of sp³-hybridized carbons (Fsp3) is 0.409. The van der Waals surface area contributed by atoms with Gasteiger partial charge in [-0.2, -0.15) is 13.2 Å². The van der Waals surface area contributed by atoms with Gasteiger partial charge in [-0.3, -0.25) is 4.79 Å². The van der Waals surface area contributed by atoms with Gasteiger partial charge in [0.05, 0.1) is 22.4 Å². The van der Waals surface area contributed by atoms with Gasteiger partial charge < -0.3 is 10.0 Å². The Kier molecular flexibility index (Phi) is 7.61. The van der Waals surface area contributed by atoms with Crippen LogP contribution in [0.1, 0.15) is 34.3 Å². The number of carbonyl (C=O) groups excluding carboxylic acids is 1. The molecule has 34 heavy (non-hydrogen) atoms. The Morgan fingerprint density at radius 3 is 2.26 bits per heavy atom. The maximum atomic E-state index is 13.2. The minimum Gasteiger partial charge on any atom is -0.385 e. The molecule has 12 heteroatoms. The molecule has 186 valence electrons. The Labute approximate surface area is 199 Å². The van der Waals surface area contributed by atoms with E-state index >= 15 is 0 Å². The molecule has 0 bridgehead atoms. The third-order valence-electron chi connectivity index (χ3n) is 5.83. The number of rotatable bonds is 6. The Bertz CT molecular complexity index is 1150. The van der Waals surface area contributed by atoms with Gasteiger partial charge in [0.25, 0.3) is 5.91 Å². The van der Waals surface area contributed by atoms with Crippen molar-refractivity contribution in [3.8, 4) is 0 Å². The molecule has 0 aliphatic carbocycles. The minimum absolute atomic E-state index is 0.0167. The van der Waals surface area contributed by atoms with Crippen LogP contribution in [0.5, 0.6) is 0 Å². The molecule has 1 amide bonds. The number of hydrogen-bond acceptors (Lipinski definition) is 5. The second-order valence-corrected chi connectivity index (χ2v) is 10.5. The summed E-state index contributed by atoms with van der Waals surface area (Å²) in [5.41, 5.74) is -2.40. The van der Waals surface area contributed by atoms with Crippen LogP contribution in [0.15, 0.2) is 42.5 Å². The number of amides is 1. The van der Waals surface area contributed by atoms with Gasteiger partial charge in [0.15, 0.2) is 0 Å². The number of sulfonamides is 1. The van der Waals surface area contributed by atoms with Crippen molar-refractivity contribution in [2.24, 2.45) is 0 Å². The van der Waals surface area contributed by atoms with Crippen LogP contribution in [0.2, 0.25) is 5.02 Å². The number of piperidine rings is 1. The first-order chi connectivity index (χ1) is 15.7. The molecule has 0 spiro atoms. The van der Waals surface area contributed by atoms with Crippen LogP contribution >= 0.6 is 11.6 Å². The molecule has 0 aromatic heterocycles. The quantitative estimate of drug-likeness (QED) is 0.583. The van der Waals surface area contributed by atoms with E-state index in [0.717, 1.165) is 30.5 Å². The molecule has 1 aliphatic rings. The lowest BCUT2D eigenvalue weighted by molar-refractivity contribution is -0.137. The van der Waals surface area contributed by atoms with Gasteiger partial charge in [-0.1, -0.05) is 17.7 Å². The van der Waals surface area contributed by atoms with Crippen molar-refractivity contribution in [1.82, 2.24) is 9.21 Å². The number of aliphatic hydroxyl groups is 1. The van der Waals surface area contributed by atoms with Crippen LogP contribution in [0.25, 0.3) is 0 Å². The summed E-state index contributed by atoms with van der Waals surface area (Å²) < 4.78 is 77.8. The van der Waals surface area contributed by atoms with Gasteiger partial charge in [-0.25, -0.2) is 17.1 Å². The molecule has 1 N–H and O–H groups in total. The van der Waals surface area contributed by atoms with Crippen molar-refractivity contribution in [1.29, 1.82) is 0 Å². The van der Waals surface area contributed by atoms with Crippen molar-refractivity contribution >= 4 is 27.5 Å². The normalized spacial score (nSPS) is 16.9. The van der Waals surface area contributed by atoms with E-state index < -0.39 is 44.1 Å². The third kappa shape index (κ3) is 6.07. The van der Waals surface area contributed by atoms with E-state index in [0.29, 0.717) is 4.31 Å². The second kappa shape index (κ2) is 9.80. The summed E-state index contributed by atoms with van der Waals surface area (Å²) in [5.74, 6) is -1.36. The summed E-state index contributed by atoms with van der Waals surface area (Å²) in [4.78, 5) is 14.5. The number of alkyl halides is 3. The average molecular weight is 523 g/mol. The van der Waals surface area contributed by atoms with Gasteiger partial charge in [0.1, 0.15) is 5.82 Å². The Morgan fingerprint density at radius 2 is 1.74 bits per heavy atom. The first-order valence-electron chi connectivity index (χ1n) is 10.3. The summed E-state index contributed by atoms with van der Waals surface area (Å²) >= 11 is 5.66. The van der Waals surface area contributed by atoms with Gasteiger partial charge in [-0.15, -0.1) is 0 Å². The molecule has 1 aliphatic heterocycles. The highest BCUT2D eigenvalue weighted by Crippen LogP contribution is 2.39. The number of likely N-dealkylation sites (tertiary alicyclic amines) is 1.